The van der Waals surface area contributed by atoms with Crippen LogP contribution in [0.5, 0.6) is 11.5 Å². The lowest BCUT2D eigenvalue weighted by Gasteiger charge is -2.10. The van der Waals surface area contributed by atoms with Crippen LogP contribution >= 0.6 is 0 Å². The molecule has 0 N–H and O–H groups in total. The maximum Gasteiger partial charge on any atom is 0.153 e. The Hall–Kier alpha value is -2.88. The SMILES string of the molecule is O=Cc1ccccc1OCCOc1cccc2cccnc12. The Morgan fingerprint density at radius 1 is 0.864 bits per heavy atom. The van der Waals surface area contributed by atoms with Gasteiger partial charge in [-0.25, -0.2) is 0 Å². The largest absolute Gasteiger partial charge is 0.489 e. The van der Waals surface area contributed by atoms with Crippen molar-refractivity contribution in [2.45, 2.75) is 0 Å². The summed E-state index contributed by atoms with van der Waals surface area (Å²) in [5.74, 6) is 1.29. The highest BCUT2D eigenvalue weighted by Crippen LogP contribution is 2.23. The van der Waals surface area contributed by atoms with E-state index in [9.17, 15) is 4.79 Å². The van der Waals surface area contributed by atoms with Gasteiger partial charge in [-0.2, -0.15) is 0 Å². The second-order valence-corrected chi connectivity index (χ2v) is 4.68. The predicted octanol–water partition coefficient (Wildman–Crippen LogP) is 3.51. The number of ether oxygens (including phenoxy) is 2. The summed E-state index contributed by atoms with van der Waals surface area (Å²) in [6.07, 6.45) is 2.52. The Labute approximate surface area is 128 Å². The van der Waals surface area contributed by atoms with Gasteiger partial charge in [0.25, 0.3) is 0 Å². The Kier molecular flexibility index (Phi) is 4.30. The number of aromatic nitrogens is 1. The Morgan fingerprint density at radius 3 is 2.45 bits per heavy atom. The predicted molar refractivity (Wildman–Crippen MR) is 84.6 cm³/mol. The smallest absolute Gasteiger partial charge is 0.153 e. The molecule has 0 aliphatic carbocycles. The third kappa shape index (κ3) is 3.06. The zero-order valence-corrected chi connectivity index (χ0v) is 11.9. The van der Waals surface area contributed by atoms with Crippen molar-refractivity contribution in [3.63, 3.8) is 0 Å². The monoisotopic (exact) mass is 293 g/mol. The third-order valence-corrected chi connectivity index (χ3v) is 3.24. The lowest BCUT2D eigenvalue weighted by Crippen LogP contribution is -2.10. The second-order valence-electron chi connectivity index (χ2n) is 4.68. The van der Waals surface area contributed by atoms with Gasteiger partial charge < -0.3 is 9.47 Å². The molecule has 110 valence electrons. The summed E-state index contributed by atoms with van der Waals surface area (Å²) < 4.78 is 11.3. The Bertz CT molecular complexity index is 781. The molecule has 4 heteroatoms. The molecule has 0 unspecified atom stereocenters. The first-order valence-electron chi connectivity index (χ1n) is 7.02. The fraction of sp³-hybridized carbons (Fsp3) is 0.111. The van der Waals surface area contributed by atoms with Crippen molar-refractivity contribution in [3.05, 3.63) is 66.4 Å². The minimum atomic E-state index is 0.355. The summed E-state index contributed by atoms with van der Waals surface area (Å²) in [7, 11) is 0. The molecular weight excluding hydrogens is 278 g/mol. The highest BCUT2D eigenvalue weighted by molar-refractivity contribution is 5.84. The highest BCUT2D eigenvalue weighted by atomic mass is 16.5. The van der Waals surface area contributed by atoms with Crippen LogP contribution in [0, 0.1) is 0 Å². The zero-order chi connectivity index (χ0) is 15.2. The van der Waals surface area contributed by atoms with Gasteiger partial charge in [-0.15, -0.1) is 0 Å². The third-order valence-electron chi connectivity index (χ3n) is 3.24. The number of aldehydes is 1. The minimum Gasteiger partial charge on any atom is -0.489 e. The van der Waals surface area contributed by atoms with Crippen LogP contribution in [-0.4, -0.2) is 24.5 Å². The molecule has 0 aliphatic heterocycles. The van der Waals surface area contributed by atoms with E-state index in [-0.39, 0.29) is 0 Å². The van der Waals surface area contributed by atoms with E-state index in [0.717, 1.165) is 22.9 Å². The number of benzene rings is 2. The number of fused-ring (bicyclic) bond motifs is 1. The lowest BCUT2D eigenvalue weighted by molar-refractivity contribution is 0.111. The molecule has 2 aromatic carbocycles. The highest BCUT2D eigenvalue weighted by Gasteiger charge is 2.04. The number of carbonyl (C=O) groups is 1. The van der Waals surface area contributed by atoms with Crippen LogP contribution in [0.4, 0.5) is 0 Å². The first-order chi connectivity index (χ1) is 10.9. The first kappa shape index (κ1) is 14.1. The molecule has 0 saturated heterocycles. The van der Waals surface area contributed by atoms with Gasteiger partial charge in [-0.1, -0.05) is 30.3 Å². The van der Waals surface area contributed by atoms with Crippen molar-refractivity contribution >= 4 is 17.2 Å². The topological polar surface area (TPSA) is 48.4 Å². The average molecular weight is 293 g/mol. The van der Waals surface area contributed by atoms with Gasteiger partial charge in [0.1, 0.15) is 30.2 Å². The molecule has 0 saturated carbocycles. The standard InChI is InChI=1S/C18H15NO3/c20-13-15-5-1-2-8-16(15)21-11-12-22-17-9-3-6-14-7-4-10-19-18(14)17/h1-10,13H,11-12H2. The minimum absolute atomic E-state index is 0.355. The molecule has 0 fully saturated rings. The quantitative estimate of drug-likeness (QED) is 0.515. The Balaban J connectivity index is 1.62. The van der Waals surface area contributed by atoms with Gasteiger partial charge >= 0.3 is 0 Å². The molecule has 0 bridgehead atoms. The molecular formula is C18H15NO3. The van der Waals surface area contributed by atoms with Crippen LogP contribution in [0.3, 0.4) is 0 Å². The normalized spacial score (nSPS) is 10.4. The molecule has 0 spiro atoms. The molecule has 4 nitrogen and oxygen atoms in total. The van der Waals surface area contributed by atoms with Gasteiger partial charge in [-0.05, 0) is 24.3 Å². The summed E-state index contributed by atoms with van der Waals surface area (Å²) >= 11 is 0. The number of hydrogen-bond acceptors (Lipinski definition) is 4. The molecule has 0 radical (unpaired) electrons. The van der Waals surface area contributed by atoms with Gasteiger partial charge in [0, 0.05) is 11.6 Å². The van der Waals surface area contributed by atoms with E-state index < -0.39 is 0 Å². The van der Waals surface area contributed by atoms with Crippen LogP contribution < -0.4 is 9.47 Å². The maximum atomic E-state index is 10.9. The van der Waals surface area contributed by atoms with Gasteiger partial charge in [0.15, 0.2) is 6.29 Å². The summed E-state index contributed by atoms with van der Waals surface area (Å²) in [5.41, 5.74) is 1.37. The number of carbonyl (C=O) groups excluding carboxylic acids is 1. The van der Waals surface area contributed by atoms with E-state index in [2.05, 4.69) is 4.98 Å². The fourth-order valence-corrected chi connectivity index (χ4v) is 2.21. The van der Waals surface area contributed by atoms with Crippen molar-refractivity contribution < 1.29 is 14.3 Å². The number of hydrogen-bond donors (Lipinski definition) is 0. The maximum absolute atomic E-state index is 10.9. The molecule has 3 rings (SSSR count). The summed E-state index contributed by atoms with van der Waals surface area (Å²) in [5, 5.41) is 1.03. The van der Waals surface area contributed by atoms with Crippen molar-refractivity contribution in [2.24, 2.45) is 0 Å². The van der Waals surface area contributed by atoms with E-state index in [1.807, 2.05) is 36.4 Å². The van der Waals surface area contributed by atoms with E-state index in [4.69, 9.17) is 9.47 Å². The van der Waals surface area contributed by atoms with Crippen LogP contribution in [0.15, 0.2) is 60.8 Å². The fourth-order valence-electron chi connectivity index (χ4n) is 2.21. The van der Waals surface area contributed by atoms with Gasteiger partial charge in [0.2, 0.25) is 0 Å². The molecule has 0 aliphatic rings. The Morgan fingerprint density at radius 2 is 1.59 bits per heavy atom. The van der Waals surface area contributed by atoms with Gasteiger partial charge in [0.05, 0.1) is 5.56 Å². The van der Waals surface area contributed by atoms with Crippen LogP contribution in [0.25, 0.3) is 10.9 Å². The number of pyridine rings is 1. The molecule has 1 heterocycles. The molecule has 3 aromatic rings. The van der Waals surface area contributed by atoms with Crippen molar-refractivity contribution in [3.8, 4) is 11.5 Å². The van der Waals surface area contributed by atoms with E-state index in [1.165, 1.54) is 0 Å². The van der Waals surface area contributed by atoms with E-state index >= 15 is 0 Å². The molecule has 0 amide bonds. The summed E-state index contributed by atoms with van der Waals surface area (Å²) in [6.45, 7) is 0.733. The molecule has 0 atom stereocenters. The van der Waals surface area contributed by atoms with E-state index in [0.29, 0.717) is 24.5 Å². The van der Waals surface area contributed by atoms with Crippen LogP contribution in [0.2, 0.25) is 0 Å². The first-order valence-corrected chi connectivity index (χ1v) is 7.02. The summed E-state index contributed by atoms with van der Waals surface area (Å²) in [4.78, 5) is 15.2. The number of rotatable bonds is 6. The van der Waals surface area contributed by atoms with Crippen LogP contribution in [0.1, 0.15) is 10.4 Å². The number of nitrogens with zero attached hydrogens (tertiary/aromatic N) is 1. The van der Waals surface area contributed by atoms with Crippen molar-refractivity contribution in [1.29, 1.82) is 0 Å². The van der Waals surface area contributed by atoms with Gasteiger partial charge in [-0.3, -0.25) is 9.78 Å². The lowest BCUT2D eigenvalue weighted by atomic mass is 10.2. The molecule has 1 aromatic heterocycles. The second kappa shape index (κ2) is 6.72. The van der Waals surface area contributed by atoms with Crippen molar-refractivity contribution in [2.75, 3.05) is 13.2 Å². The number of para-hydroxylation sites is 2. The van der Waals surface area contributed by atoms with Crippen LogP contribution in [-0.2, 0) is 0 Å². The van der Waals surface area contributed by atoms with Crippen molar-refractivity contribution in [1.82, 2.24) is 4.98 Å². The summed E-state index contributed by atoms with van der Waals surface area (Å²) in [6, 6.07) is 16.8. The van der Waals surface area contributed by atoms with E-state index in [1.54, 1.807) is 24.4 Å². The average Bonchev–Trinajstić information content (AvgIpc) is 2.59. The molecule has 22 heavy (non-hydrogen) atoms. The zero-order valence-electron chi connectivity index (χ0n) is 11.9.